The van der Waals surface area contributed by atoms with Gasteiger partial charge in [0.05, 0.1) is 35.8 Å². The molecule has 7 atom stereocenters. The summed E-state index contributed by atoms with van der Waals surface area (Å²) < 4.78 is 4.77. The fourth-order valence-corrected chi connectivity index (χ4v) is 11.3. The topological polar surface area (TPSA) is 90.4 Å². The number of thioether (sulfide) groups is 1. The van der Waals surface area contributed by atoms with Gasteiger partial charge in [-0.05, 0) is 80.5 Å². The predicted molar refractivity (Wildman–Crippen MR) is 205 cm³/mol. The van der Waals surface area contributed by atoms with E-state index in [1.165, 1.54) is 0 Å². The zero-order valence-corrected chi connectivity index (χ0v) is 30.9. The third-order valence-electron chi connectivity index (χ3n) is 10.9. The van der Waals surface area contributed by atoms with Gasteiger partial charge in [0.15, 0.2) is 0 Å². The van der Waals surface area contributed by atoms with E-state index in [1.807, 2.05) is 93.6 Å². The lowest BCUT2D eigenvalue weighted by atomic mass is 9.65. The van der Waals surface area contributed by atoms with Gasteiger partial charge >= 0.3 is 0 Å². The van der Waals surface area contributed by atoms with Crippen LogP contribution in [0, 0.1) is 31.6 Å². The lowest BCUT2D eigenvalue weighted by Gasteiger charge is -2.42. The highest BCUT2D eigenvalue weighted by Crippen LogP contribution is 2.69. The van der Waals surface area contributed by atoms with Gasteiger partial charge < -0.3 is 24.5 Å². The molecule has 8 nitrogen and oxygen atoms in total. The van der Waals surface area contributed by atoms with E-state index in [0.29, 0.717) is 30.9 Å². The van der Waals surface area contributed by atoms with E-state index in [1.54, 1.807) is 38.6 Å². The highest BCUT2D eigenvalue weighted by atomic mass is 32.2. The van der Waals surface area contributed by atoms with Gasteiger partial charge in [0.1, 0.15) is 11.8 Å². The fourth-order valence-electron chi connectivity index (χ4n) is 8.87. The molecule has 3 unspecified atom stereocenters. The number of anilines is 2. The second kappa shape index (κ2) is 15.1. The summed E-state index contributed by atoms with van der Waals surface area (Å²) in [5.41, 5.74) is 4.32. The number of aliphatic hydroxyl groups excluding tert-OH is 1. The van der Waals surface area contributed by atoms with Crippen LogP contribution in [0.3, 0.4) is 0 Å². The molecule has 3 saturated heterocycles. The van der Waals surface area contributed by atoms with Gasteiger partial charge in [0, 0.05) is 29.7 Å². The van der Waals surface area contributed by atoms with E-state index in [-0.39, 0.29) is 48.6 Å². The van der Waals surface area contributed by atoms with Crippen molar-refractivity contribution >= 4 is 40.9 Å². The Morgan fingerprint density at radius 2 is 1.63 bits per heavy atom. The van der Waals surface area contributed by atoms with Crippen molar-refractivity contribution in [3.8, 4) is 5.75 Å². The molecular formula is C42H49N3O5S. The highest BCUT2D eigenvalue weighted by Gasteiger charge is 2.77. The minimum atomic E-state index is -0.907. The van der Waals surface area contributed by atoms with Crippen LogP contribution in [-0.2, 0) is 20.8 Å². The molecule has 3 amide bonds. The first-order valence-corrected chi connectivity index (χ1v) is 18.8. The summed E-state index contributed by atoms with van der Waals surface area (Å²) in [5, 5.41) is 10.9. The minimum absolute atomic E-state index is 0.0394. The van der Waals surface area contributed by atoms with Crippen LogP contribution in [0.2, 0.25) is 0 Å². The van der Waals surface area contributed by atoms with Crippen molar-refractivity contribution in [1.29, 1.82) is 0 Å². The monoisotopic (exact) mass is 707 g/mol. The quantitative estimate of drug-likeness (QED) is 0.196. The van der Waals surface area contributed by atoms with Crippen molar-refractivity contribution in [3.05, 3.63) is 115 Å². The number of hydrogen-bond donors (Lipinski definition) is 1. The van der Waals surface area contributed by atoms with Gasteiger partial charge in [-0.15, -0.1) is 24.9 Å². The van der Waals surface area contributed by atoms with Crippen LogP contribution in [0.25, 0.3) is 0 Å². The SMILES string of the molecule is C=CCN(C(=O)[C@@H]1[C@@H]2CC(C)C3(S2)C(C(=O)N(CC=C)c2c(C)cccc2C)N([C@@H](CO)Cc2ccccc2)C(=O)[C@H]13)c1ccc(OCC)cc1. The summed E-state index contributed by atoms with van der Waals surface area (Å²) in [4.78, 5) is 50.7. The molecule has 268 valence electrons. The Morgan fingerprint density at radius 3 is 2.24 bits per heavy atom. The van der Waals surface area contributed by atoms with Gasteiger partial charge in [0.2, 0.25) is 11.8 Å². The number of benzene rings is 3. The Balaban J connectivity index is 1.47. The first-order chi connectivity index (χ1) is 24.6. The lowest BCUT2D eigenvalue weighted by Crippen LogP contribution is -2.60. The Labute approximate surface area is 306 Å². The van der Waals surface area contributed by atoms with Gasteiger partial charge in [-0.2, -0.15) is 0 Å². The summed E-state index contributed by atoms with van der Waals surface area (Å²) in [6.07, 6.45) is 4.48. The standard InChI is InChI=1S/C42H49N3O5S/c1-7-22-43(31-18-20-33(21-19-31)50-9-3)39(47)35-34-24-29(6)42(51-34)36(35)40(48)45(32(26-46)25-30-16-11-10-12-17-30)38(42)41(49)44(23-8-2)37-27(4)14-13-15-28(37)5/h7-8,10-21,29,32,34-36,38,46H,1-2,9,22-26H2,3-6H3/t29?,32-,34+,35-,36+,38?,42?/m1/s1. The van der Waals surface area contributed by atoms with Gasteiger partial charge in [0.25, 0.3) is 5.91 Å². The van der Waals surface area contributed by atoms with Gasteiger partial charge in [-0.3, -0.25) is 14.4 Å². The number of hydrogen-bond acceptors (Lipinski definition) is 6. The molecule has 1 spiro atoms. The Hall–Kier alpha value is -4.34. The number of nitrogens with zero attached hydrogens (tertiary/aromatic N) is 3. The van der Waals surface area contributed by atoms with E-state index in [4.69, 9.17) is 4.74 Å². The third kappa shape index (κ3) is 6.29. The summed E-state index contributed by atoms with van der Waals surface area (Å²) in [5.74, 6) is -1.35. The van der Waals surface area contributed by atoms with Crippen LogP contribution >= 0.6 is 11.8 Å². The summed E-state index contributed by atoms with van der Waals surface area (Å²) in [6.45, 7) is 16.7. The van der Waals surface area contributed by atoms with Crippen LogP contribution < -0.4 is 14.5 Å². The second-order valence-electron chi connectivity index (χ2n) is 14.0. The first kappa shape index (κ1) is 36.5. The number of carbonyl (C=O) groups is 3. The molecule has 0 saturated carbocycles. The fraction of sp³-hybridized carbons (Fsp3) is 0.405. The maximum absolute atomic E-state index is 15.4. The number of aliphatic hydroxyl groups is 1. The zero-order chi connectivity index (χ0) is 36.4. The normalized spacial score (nSPS) is 25.3. The molecule has 9 heteroatoms. The van der Waals surface area contributed by atoms with Crippen LogP contribution in [0.15, 0.2) is 98.1 Å². The Morgan fingerprint density at radius 1 is 0.980 bits per heavy atom. The minimum Gasteiger partial charge on any atom is -0.494 e. The Bertz CT molecular complexity index is 1760. The highest BCUT2D eigenvalue weighted by molar-refractivity contribution is 8.02. The molecular weight excluding hydrogens is 659 g/mol. The molecule has 3 aromatic carbocycles. The maximum atomic E-state index is 15.4. The number of amides is 3. The number of carbonyl (C=O) groups excluding carboxylic acids is 3. The van der Waals surface area contributed by atoms with Gasteiger partial charge in [-0.1, -0.05) is 67.6 Å². The number of ether oxygens (including phenoxy) is 1. The molecule has 1 N–H and O–H groups in total. The number of likely N-dealkylation sites (tertiary alicyclic amines) is 1. The first-order valence-electron chi connectivity index (χ1n) is 17.9. The van der Waals surface area contributed by atoms with Crippen molar-refractivity contribution in [2.45, 2.75) is 62.6 Å². The van der Waals surface area contributed by atoms with Crippen molar-refractivity contribution < 1.29 is 24.2 Å². The molecule has 0 aromatic heterocycles. The van der Waals surface area contributed by atoms with E-state index >= 15 is 9.59 Å². The molecule has 3 heterocycles. The number of para-hydroxylation sites is 1. The molecule has 51 heavy (non-hydrogen) atoms. The van der Waals surface area contributed by atoms with Crippen molar-refractivity contribution in [2.24, 2.45) is 17.8 Å². The average Bonchev–Trinajstić information content (AvgIpc) is 3.73. The Kier molecular flexibility index (Phi) is 10.8. The van der Waals surface area contributed by atoms with Crippen LogP contribution in [0.4, 0.5) is 11.4 Å². The third-order valence-corrected chi connectivity index (χ3v) is 13.0. The molecule has 2 bridgehead atoms. The summed E-state index contributed by atoms with van der Waals surface area (Å²) >= 11 is 1.64. The molecule has 3 fully saturated rings. The average molecular weight is 708 g/mol. The molecule has 3 aliphatic rings. The van der Waals surface area contributed by atoms with E-state index in [2.05, 4.69) is 20.1 Å². The lowest BCUT2D eigenvalue weighted by molar-refractivity contribution is -0.141. The van der Waals surface area contributed by atoms with E-state index < -0.39 is 28.7 Å². The zero-order valence-electron chi connectivity index (χ0n) is 30.0. The molecule has 3 aliphatic heterocycles. The number of rotatable bonds is 14. The van der Waals surface area contributed by atoms with E-state index in [0.717, 1.165) is 22.4 Å². The summed E-state index contributed by atoms with van der Waals surface area (Å²) in [7, 11) is 0. The predicted octanol–water partition coefficient (Wildman–Crippen LogP) is 6.38. The number of aryl methyl sites for hydroxylation is 2. The van der Waals surface area contributed by atoms with Gasteiger partial charge in [-0.25, -0.2) is 0 Å². The van der Waals surface area contributed by atoms with Crippen LogP contribution in [0.5, 0.6) is 5.75 Å². The van der Waals surface area contributed by atoms with Crippen LogP contribution in [0.1, 0.15) is 37.0 Å². The second-order valence-corrected chi connectivity index (χ2v) is 15.5. The maximum Gasteiger partial charge on any atom is 0.251 e. The van der Waals surface area contributed by atoms with Crippen molar-refractivity contribution in [1.82, 2.24) is 4.90 Å². The van der Waals surface area contributed by atoms with Crippen molar-refractivity contribution in [2.75, 3.05) is 36.1 Å². The molecule has 0 radical (unpaired) electrons. The van der Waals surface area contributed by atoms with E-state index in [9.17, 15) is 9.90 Å². The van der Waals surface area contributed by atoms with Crippen molar-refractivity contribution in [3.63, 3.8) is 0 Å². The largest absolute Gasteiger partial charge is 0.494 e. The molecule has 3 aromatic rings. The summed E-state index contributed by atoms with van der Waals surface area (Å²) in [6, 6.07) is 21.5. The molecule has 0 aliphatic carbocycles. The molecule has 6 rings (SSSR count). The number of fused-ring (bicyclic) bond motifs is 1. The smallest absolute Gasteiger partial charge is 0.251 e. The van der Waals surface area contributed by atoms with Crippen LogP contribution in [-0.4, -0.2) is 76.1 Å².